The van der Waals surface area contributed by atoms with Crippen molar-refractivity contribution < 1.29 is 0 Å². The third-order valence-corrected chi connectivity index (χ3v) is 0.869. The quantitative estimate of drug-likeness (QED) is 0.613. The fraction of sp³-hybridized carbons (Fsp3) is 0.250. The number of hydrogen-bond acceptors (Lipinski definition) is 2. The summed E-state index contributed by atoms with van der Waals surface area (Å²) in [4.78, 5) is 6.57. The molecule has 1 aromatic heterocycles. The highest BCUT2D eigenvalue weighted by atomic mass is 35.5. The molecule has 0 amide bonds. The van der Waals surface area contributed by atoms with Gasteiger partial charge in [0.25, 0.3) is 0 Å². The normalized spacial score (nSPS) is 7.22. The Morgan fingerprint density at radius 3 is 2.22 bits per heavy atom. The lowest BCUT2D eigenvalue weighted by Crippen LogP contribution is -1.85. The van der Waals surface area contributed by atoms with Crippen LogP contribution in [-0.4, -0.2) is 9.97 Å². The molecule has 0 saturated heterocycles. The lowest BCUT2D eigenvalue weighted by Gasteiger charge is -1.79. The van der Waals surface area contributed by atoms with Crippen LogP contribution in [0.2, 0.25) is 0 Å². The van der Waals surface area contributed by atoms with Crippen LogP contribution < -0.4 is 5.73 Å². The molecule has 0 aliphatic heterocycles. The van der Waals surface area contributed by atoms with E-state index in [2.05, 4.69) is 9.97 Å². The molecule has 5 heteroatoms. The minimum atomic E-state index is 0. The second-order valence-electron chi connectivity index (χ2n) is 1.41. The molecule has 0 aromatic carbocycles. The molecule has 0 atom stereocenters. The SMILES string of the molecule is Cc1[nH]cnc1N.Cl.Cl. The number of aryl methyl sites for hydroxylation is 1. The van der Waals surface area contributed by atoms with E-state index < -0.39 is 0 Å². The highest BCUT2D eigenvalue weighted by Crippen LogP contribution is 1.98. The molecule has 0 saturated carbocycles. The molecule has 54 valence electrons. The number of rotatable bonds is 0. The van der Waals surface area contributed by atoms with Crippen LogP contribution in [0.15, 0.2) is 6.33 Å². The maximum atomic E-state index is 5.30. The maximum Gasteiger partial charge on any atom is 0.144 e. The summed E-state index contributed by atoms with van der Waals surface area (Å²) < 4.78 is 0. The first-order valence-electron chi connectivity index (χ1n) is 2.06. The van der Waals surface area contributed by atoms with E-state index in [0.717, 1.165) is 5.69 Å². The average Bonchev–Trinajstić information content (AvgIpc) is 1.91. The number of halogens is 2. The van der Waals surface area contributed by atoms with Gasteiger partial charge in [0.1, 0.15) is 5.82 Å². The maximum absolute atomic E-state index is 5.30. The number of nitrogens with zero attached hydrogens (tertiary/aromatic N) is 1. The summed E-state index contributed by atoms with van der Waals surface area (Å²) >= 11 is 0. The van der Waals surface area contributed by atoms with Crippen LogP contribution >= 0.6 is 24.8 Å². The minimum Gasteiger partial charge on any atom is -0.382 e. The van der Waals surface area contributed by atoms with Gasteiger partial charge in [0, 0.05) is 0 Å². The van der Waals surface area contributed by atoms with Gasteiger partial charge >= 0.3 is 0 Å². The standard InChI is InChI=1S/C4H7N3.2ClH/c1-3-4(5)7-2-6-3;;/h2H,5H2,1H3,(H,6,7);2*1H. The molecule has 3 nitrogen and oxygen atoms in total. The van der Waals surface area contributed by atoms with Gasteiger partial charge in [0.2, 0.25) is 0 Å². The zero-order chi connectivity index (χ0) is 5.28. The molecule has 0 unspecified atom stereocenters. The van der Waals surface area contributed by atoms with Crippen LogP contribution in [0.4, 0.5) is 5.82 Å². The first kappa shape index (κ1) is 11.4. The molecule has 0 fully saturated rings. The van der Waals surface area contributed by atoms with Gasteiger partial charge in [-0.2, -0.15) is 0 Å². The number of aromatic amines is 1. The molecule has 1 aromatic rings. The highest BCUT2D eigenvalue weighted by Gasteiger charge is 1.88. The Kier molecular flexibility index (Phi) is 5.66. The second kappa shape index (κ2) is 4.47. The van der Waals surface area contributed by atoms with Crippen molar-refractivity contribution in [3.05, 3.63) is 12.0 Å². The number of H-pyrrole nitrogens is 1. The summed E-state index contributed by atoms with van der Waals surface area (Å²) in [6.07, 6.45) is 1.57. The van der Waals surface area contributed by atoms with Gasteiger partial charge < -0.3 is 10.7 Å². The van der Waals surface area contributed by atoms with Crippen molar-refractivity contribution in [3.63, 3.8) is 0 Å². The Balaban J connectivity index is 0. The molecule has 1 rings (SSSR count). The fourth-order valence-corrected chi connectivity index (χ4v) is 0.369. The average molecular weight is 170 g/mol. The lowest BCUT2D eigenvalue weighted by atomic mass is 10.5. The number of nitrogen functional groups attached to an aromatic ring is 1. The van der Waals surface area contributed by atoms with Crippen molar-refractivity contribution in [3.8, 4) is 0 Å². The van der Waals surface area contributed by atoms with Crippen molar-refractivity contribution in [2.24, 2.45) is 0 Å². The van der Waals surface area contributed by atoms with Crippen molar-refractivity contribution in [2.75, 3.05) is 5.73 Å². The predicted octanol–water partition coefficient (Wildman–Crippen LogP) is 1.14. The van der Waals surface area contributed by atoms with Crippen LogP contribution in [0.3, 0.4) is 0 Å². The number of imidazole rings is 1. The van der Waals surface area contributed by atoms with Crippen molar-refractivity contribution in [2.45, 2.75) is 6.92 Å². The van der Waals surface area contributed by atoms with E-state index in [1.165, 1.54) is 0 Å². The summed E-state index contributed by atoms with van der Waals surface area (Å²) in [6, 6.07) is 0. The molecule has 0 radical (unpaired) electrons. The summed E-state index contributed by atoms with van der Waals surface area (Å²) in [6.45, 7) is 1.88. The summed E-state index contributed by atoms with van der Waals surface area (Å²) in [7, 11) is 0. The zero-order valence-electron chi connectivity index (χ0n) is 4.92. The topological polar surface area (TPSA) is 54.7 Å². The largest absolute Gasteiger partial charge is 0.382 e. The Morgan fingerprint density at radius 2 is 2.11 bits per heavy atom. The van der Waals surface area contributed by atoms with Gasteiger partial charge in [-0.05, 0) is 6.92 Å². The number of nitrogens with two attached hydrogens (primary N) is 1. The Labute approximate surface area is 65.9 Å². The van der Waals surface area contributed by atoms with Crippen LogP contribution in [0.1, 0.15) is 5.69 Å². The van der Waals surface area contributed by atoms with Crippen molar-refractivity contribution >= 4 is 30.6 Å². The second-order valence-corrected chi connectivity index (χ2v) is 1.41. The van der Waals surface area contributed by atoms with Gasteiger partial charge in [-0.25, -0.2) is 4.98 Å². The minimum absolute atomic E-state index is 0. The van der Waals surface area contributed by atoms with E-state index >= 15 is 0 Å². The molecule has 1 heterocycles. The third kappa shape index (κ3) is 2.58. The van der Waals surface area contributed by atoms with E-state index in [9.17, 15) is 0 Å². The van der Waals surface area contributed by atoms with Gasteiger partial charge in [0.15, 0.2) is 0 Å². The van der Waals surface area contributed by atoms with Crippen molar-refractivity contribution in [1.29, 1.82) is 0 Å². The van der Waals surface area contributed by atoms with Gasteiger partial charge in [-0.15, -0.1) is 24.8 Å². The molecule has 0 spiro atoms. The zero-order valence-corrected chi connectivity index (χ0v) is 6.55. The number of nitrogens with one attached hydrogen (secondary N) is 1. The fourth-order valence-electron chi connectivity index (χ4n) is 0.369. The molecule has 0 aliphatic rings. The molecular weight excluding hydrogens is 161 g/mol. The first-order valence-corrected chi connectivity index (χ1v) is 2.06. The molecule has 0 bridgehead atoms. The predicted molar refractivity (Wildman–Crippen MR) is 42.2 cm³/mol. The Hall–Kier alpha value is -0.410. The highest BCUT2D eigenvalue weighted by molar-refractivity contribution is 5.85. The lowest BCUT2D eigenvalue weighted by molar-refractivity contribution is 1.25. The summed E-state index contributed by atoms with van der Waals surface area (Å²) in [5.41, 5.74) is 6.23. The van der Waals surface area contributed by atoms with Crippen molar-refractivity contribution in [1.82, 2.24) is 9.97 Å². The Bertz CT molecular complexity index is 146. The first-order chi connectivity index (χ1) is 3.30. The molecular formula is C4H9Cl2N3. The van der Waals surface area contributed by atoms with E-state index in [0.29, 0.717) is 5.82 Å². The third-order valence-electron chi connectivity index (χ3n) is 0.869. The smallest absolute Gasteiger partial charge is 0.144 e. The van der Waals surface area contributed by atoms with E-state index in [-0.39, 0.29) is 24.8 Å². The summed E-state index contributed by atoms with van der Waals surface area (Å²) in [5, 5.41) is 0. The number of anilines is 1. The number of hydrogen-bond donors (Lipinski definition) is 2. The molecule has 9 heavy (non-hydrogen) atoms. The van der Waals surface area contributed by atoms with Gasteiger partial charge in [0.05, 0.1) is 12.0 Å². The summed E-state index contributed by atoms with van der Waals surface area (Å²) in [5.74, 6) is 0.583. The van der Waals surface area contributed by atoms with E-state index in [4.69, 9.17) is 5.73 Å². The Morgan fingerprint density at radius 1 is 1.56 bits per heavy atom. The van der Waals surface area contributed by atoms with Crippen LogP contribution in [0.5, 0.6) is 0 Å². The van der Waals surface area contributed by atoms with Gasteiger partial charge in [-0.1, -0.05) is 0 Å². The molecule has 3 N–H and O–H groups in total. The van der Waals surface area contributed by atoms with Crippen LogP contribution in [0, 0.1) is 6.92 Å². The molecule has 0 aliphatic carbocycles. The van der Waals surface area contributed by atoms with Crippen LogP contribution in [-0.2, 0) is 0 Å². The van der Waals surface area contributed by atoms with E-state index in [1.54, 1.807) is 6.33 Å². The monoisotopic (exact) mass is 169 g/mol. The van der Waals surface area contributed by atoms with Crippen LogP contribution in [0.25, 0.3) is 0 Å². The van der Waals surface area contributed by atoms with E-state index in [1.807, 2.05) is 6.92 Å². The number of aromatic nitrogens is 2. The van der Waals surface area contributed by atoms with Gasteiger partial charge in [-0.3, -0.25) is 0 Å².